The molecule has 0 radical (unpaired) electrons. The van der Waals surface area contributed by atoms with E-state index in [-0.39, 0.29) is 11.9 Å². The highest BCUT2D eigenvalue weighted by atomic mass is 16.3. The van der Waals surface area contributed by atoms with Crippen molar-refractivity contribution in [3.8, 4) is 17.2 Å². The summed E-state index contributed by atoms with van der Waals surface area (Å²) >= 11 is 0. The van der Waals surface area contributed by atoms with Gasteiger partial charge in [-0.15, -0.1) is 0 Å². The molecule has 164 valence electrons. The number of rotatable bonds is 5. The van der Waals surface area contributed by atoms with E-state index < -0.39 is 5.60 Å². The number of amides is 1. The van der Waals surface area contributed by atoms with Crippen LogP contribution in [0.25, 0.3) is 17.2 Å². The van der Waals surface area contributed by atoms with Gasteiger partial charge in [0.1, 0.15) is 17.5 Å². The molecule has 2 aromatic heterocycles. The minimum Gasteiger partial charge on any atom is -0.380 e. The number of hydrogen-bond acceptors (Lipinski definition) is 6. The van der Waals surface area contributed by atoms with Crippen LogP contribution in [0.1, 0.15) is 55.5 Å². The lowest BCUT2D eigenvalue weighted by molar-refractivity contribution is -0.145. The fourth-order valence-corrected chi connectivity index (χ4v) is 4.52. The number of aromatic nitrogens is 2. The Morgan fingerprint density at radius 1 is 1.34 bits per heavy atom. The van der Waals surface area contributed by atoms with Crippen LogP contribution in [0.3, 0.4) is 0 Å². The Morgan fingerprint density at radius 2 is 2.12 bits per heavy atom. The van der Waals surface area contributed by atoms with Crippen LogP contribution in [-0.4, -0.2) is 57.2 Å². The molecule has 0 bridgehead atoms. The van der Waals surface area contributed by atoms with Crippen molar-refractivity contribution in [3.05, 3.63) is 47.9 Å². The Morgan fingerprint density at radius 3 is 2.75 bits per heavy atom. The standard InChI is InChI=1S/C25H27N5O2/c1-3-20-12-18(6-9-27-20)21-13-19(14-26)23(28-22(21)17-4-5-17)29-10-11-30(16(2)15-29)24(31)25(32)7-8-25/h3,6,9,12-13,16-17,32H,1,4-5,7-8,10-11,15H2,2H3. The molecule has 1 atom stereocenters. The first kappa shape index (κ1) is 20.7. The molecule has 2 aromatic rings. The van der Waals surface area contributed by atoms with Crippen molar-refractivity contribution in [3.63, 3.8) is 0 Å². The van der Waals surface area contributed by atoms with E-state index in [9.17, 15) is 15.2 Å². The van der Waals surface area contributed by atoms with Gasteiger partial charge in [0, 0.05) is 43.4 Å². The first-order valence-corrected chi connectivity index (χ1v) is 11.3. The van der Waals surface area contributed by atoms with Crippen molar-refractivity contribution < 1.29 is 9.90 Å². The van der Waals surface area contributed by atoms with Crippen molar-refractivity contribution >= 4 is 17.8 Å². The SMILES string of the molecule is C=Cc1cc(-c2cc(C#N)c(N3CCN(C(=O)C4(O)CC4)C(C)C3)nc2C2CC2)ccn1. The molecule has 1 aliphatic heterocycles. The maximum absolute atomic E-state index is 12.6. The molecule has 7 heteroatoms. The van der Waals surface area contributed by atoms with Gasteiger partial charge in [0.25, 0.3) is 5.91 Å². The van der Waals surface area contributed by atoms with Gasteiger partial charge < -0.3 is 14.9 Å². The van der Waals surface area contributed by atoms with Crippen molar-refractivity contribution in [2.45, 2.75) is 50.2 Å². The summed E-state index contributed by atoms with van der Waals surface area (Å²) in [5, 5.41) is 20.2. The molecule has 1 saturated heterocycles. The van der Waals surface area contributed by atoms with Crippen LogP contribution >= 0.6 is 0 Å². The topological polar surface area (TPSA) is 93.4 Å². The van der Waals surface area contributed by atoms with Gasteiger partial charge in [-0.05, 0) is 62.4 Å². The van der Waals surface area contributed by atoms with Gasteiger partial charge in [0.2, 0.25) is 0 Å². The highest BCUT2D eigenvalue weighted by molar-refractivity contribution is 5.88. The summed E-state index contributed by atoms with van der Waals surface area (Å²) in [6.07, 6.45) is 6.77. The second-order valence-electron chi connectivity index (χ2n) is 9.18. The number of pyridine rings is 2. The van der Waals surface area contributed by atoms with Crippen LogP contribution in [0.15, 0.2) is 31.0 Å². The number of carbonyl (C=O) groups excluding carboxylic acids is 1. The Kier molecular flexibility index (Phi) is 4.98. The zero-order valence-electron chi connectivity index (χ0n) is 18.3. The maximum atomic E-state index is 12.6. The monoisotopic (exact) mass is 429 g/mol. The Labute approximate surface area is 188 Å². The average molecular weight is 430 g/mol. The lowest BCUT2D eigenvalue weighted by Crippen LogP contribution is -2.57. The lowest BCUT2D eigenvalue weighted by atomic mass is 9.99. The Balaban J connectivity index is 1.47. The van der Waals surface area contributed by atoms with Gasteiger partial charge in [-0.2, -0.15) is 5.26 Å². The smallest absolute Gasteiger partial charge is 0.254 e. The molecule has 5 rings (SSSR count). The van der Waals surface area contributed by atoms with Crippen molar-refractivity contribution in [1.82, 2.24) is 14.9 Å². The molecule has 2 saturated carbocycles. The number of anilines is 1. The third-order valence-electron chi connectivity index (χ3n) is 6.73. The minimum atomic E-state index is -1.15. The zero-order valence-corrected chi connectivity index (χ0v) is 18.3. The van der Waals surface area contributed by atoms with Crippen LogP contribution in [0, 0.1) is 11.3 Å². The molecule has 0 aromatic carbocycles. The number of hydrogen-bond donors (Lipinski definition) is 1. The van der Waals surface area contributed by atoms with Crippen LogP contribution in [-0.2, 0) is 4.79 Å². The highest BCUT2D eigenvalue weighted by Crippen LogP contribution is 2.45. The van der Waals surface area contributed by atoms with Crippen LogP contribution in [0.5, 0.6) is 0 Å². The summed E-state index contributed by atoms with van der Waals surface area (Å²) < 4.78 is 0. The van der Waals surface area contributed by atoms with Crippen molar-refractivity contribution in [1.29, 1.82) is 5.26 Å². The van der Waals surface area contributed by atoms with Crippen molar-refractivity contribution in [2.24, 2.45) is 0 Å². The van der Waals surface area contributed by atoms with E-state index >= 15 is 0 Å². The van der Waals surface area contributed by atoms with E-state index in [4.69, 9.17) is 4.98 Å². The molecular weight excluding hydrogens is 402 g/mol. The molecule has 1 amide bonds. The van der Waals surface area contributed by atoms with E-state index in [1.807, 2.05) is 25.1 Å². The molecule has 1 unspecified atom stereocenters. The molecule has 32 heavy (non-hydrogen) atoms. The second kappa shape index (κ2) is 7.72. The van der Waals surface area contributed by atoms with Gasteiger partial charge in [-0.25, -0.2) is 4.98 Å². The number of nitriles is 1. The number of nitrogens with zero attached hydrogens (tertiary/aromatic N) is 5. The fourth-order valence-electron chi connectivity index (χ4n) is 4.52. The summed E-state index contributed by atoms with van der Waals surface area (Å²) in [6.45, 7) is 7.49. The van der Waals surface area contributed by atoms with Gasteiger partial charge in [-0.1, -0.05) is 6.58 Å². The number of aliphatic hydroxyl groups is 1. The number of carbonyl (C=O) groups is 1. The van der Waals surface area contributed by atoms with Gasteiger partial charge >= 0.3 is 0 Å². The molecule has 2 aliphatic carbocycles. The lowest BCUT2D eigenvalue weighted by Gasteiger charge is -2.41. The highest BCUT2D eigenvalue weighted by Gasteiger charge is 2.51. The van der Waals surface area contributed by atoms with Crippen LogP contribution in [0.2, 0.25) is 0 Å². The molecular formula is C25H27N5O2. The summed E-state index contributed by atoms with van der Waals surface area (Å²) in [4.78, 5) is 25.9. The summed E-state index contributed by atoms with van der Waals surface area (Å²) in [6, 6.07) is 8.16. The minimum absolute atomic E-state index is 0.0615. The predicted molar refractivity (Wildman–Crippen MR) is 122 cm³/mol. The summed E-state index contributed by atoms with van der Waals surface area (Å²) in [7, 11) is 0. The first-order chi connectivity index (χ1) is 15.4. The second-order valence-corrected chi connectivity index (χ2v) is 9.18. The van der Waals surface area contributed by atoms with E-state index in [1.54, 1.807) is 17.2 Å². The Hall–Kier alpha value is -3.24. The maximum Gasteiger partial charge on any atom is 0.254 e. The summed E-state index contributed by atoms with van der Waals surface area (Å²) in [5.41, 5.74) is 3.18. The number of piperazine rings is 1. The van der Waals surface area contributed by atoms with Crippen molar-refractivity contribution in [2.75, 3.05) is 24.5 Å². The van der Waals surface area contributed by atoms with Gasteiger partial charge in [0.05, 0.1) is 17.0 Å². The van der Waals surface area contributed by atoms with Crippen LogP contribution < -0.4 is 4.90 Å². The Bertz CT molecular complexity index is 1130. The zero-order chi connectivity index (χ0) is 22.5. The normalized spacial score (nSPS) is 21.7. The first-order valence-electron chi connectivity index (χ1n) is 11.3. The van der Waals surface area contributed by atoms with E-state index in [2.05, 4.69) is 22.5 Å². The molecule has 7 nitrogen and oxygen atoms in total. The predicted octanol–water partition coefficient (Wildman–Crippen LogP) is 3.10. The molecule has 3 fully saturated rings. The largest absolute Gasteiger partial charge is 0.380 e. The molecule has 0 spiro atoms. The average Bonchev–Trinajstić information content (AvgIpc) is 3.75. The van der Waals surface area contributed by atoms with E-state index in [0.29, 0.717) is 49.8 Å². The quantitative estimate of drug-likeness (QED) is 0.785. The molecule has 1 N–H and O–H groups in total. The van der Waals surface area contributed by atoms with E-state index in [1.165, 1.54) is 0 Å². The molecule has 3 heterocycles. The van der Waals surface area contributed by atoms with E-state index in [0.717, 1.165) is 35.4 Å². The van der Waals surface area contributed by atoms with Gasteiger partial charge in [-0.3, -0.25) is 9.78 Å². The fraction of sp³-hybridized carbons (Fsp3) is 0.440. The van der Waals surface area contributed by atoms with Crippen LogP contribution in [0.4, 0.5) is 5.82 Å². The van der Waals surface area contributed by atoms with Gasteiger partial charge in [0.15, 0.2) is 0 Å². The third-order valence-corrected chi connectivity index (χ3v) is 6.73. The third kappa shape index (κ3) is 3.65. The molecule has 3 aliphatic rings. The summed E-state index contributed by atoms with van der Waals surface area (Å²) in [5.74, 6) is 0.935.